The third kappa shape index (κ3) is 2.66. The second-order valence-corrected chi connectivity index (χ2v) is 8.92. The Morgan fingerprint density at radius 2 is 2.12 bits per heavy atom. The summed E-state index contributed by atoms with van der Waals surface area (Å²) in [7, 11) is -1.97. The van der Waals surface area contributed by atoms with Crippen LogP contribution in [-0.2, 0) is 17.1 Å². The first-order valence-corrected chi connectivity index (χ1v) is 10.5. The Hall–Kier alpha value is -2.11. The zero-order valence-electron chi connectivity index (χ0n) is 14.6. The smallest absolute Gasteiger partial charge is 0.259 e. The summed E-state index contributed by atoms with van der Waals surface area (Å²) in [5, 5.41) is 12.3. The number of thiazole rings is 1. The van der Waals surface area contributed by atoms with Gasteiger partial charge in [0, 0.05) is 13.6 Å². The van der Waals surface area contributed by atoms with Crippen LogP contribution in [0, 0.1) is 13.8 Å². The average Bonchev–Trinajstić information content (AvgIpc) is 3.35. The molecule has 0 radical (unpaired) electrons. The molecule has 0 spiro atoms. The quantitative estimate of drug-likeness (QED) is 0.666. The van der Waals surface area contributed by atoms with Gasteiger partial charge in [-0.15, -0.1) is 21.5 Å². The van der Waals surface area contributed by atoms with Gasteiger partial charge in [0.15, 0.2) is 0 Å². The number of hydrogen-bond acceptors (Lipinski definition) is 8. The van der Waals surface area contributed by atoms with Crippen LogP contribution in [-0.4, -0.2) is 44.2 Å². The third-order valence-corrected chi connectivity index (χ3v) is 7.57. The van der Waals surface area contributed by atoms with Crippen molar-refractivity contribution >= 4 is 21.4 Å². The van der Waals surface area contributed by atoms with Crippen LogP contribution in [0.5, 0.6) is 0 Å². The maximum atomic E-state index is 13.1. The van der Waals surface area contributed by atoms with E-state index in [1.807, 2.05) is 6.92 Å². The van der Waals surface area contributed by atoms with Crippen LogP contribution in [0.1, 0.15) is 36.2 Å². The van der Waals surface area contributed by atoms with Gasteiger partial charge in [0.05, 0.1) is 23.1 Å². The van der Waals surface area contributed by atoms with Crippen LogP contribution < -0.4 is 0 Å². The van der Waals surface area contributed by atoms with Gasteiger partial charge in [0.25, 0.3) is 5.89 Å². The summed E-state index contributed by atoms with van der Waals surface area (Å²) in [6, 6.07) is -0.464. The summed E-state index contributed by atoms with van der Waals surface area (Å²) >= 11 is 1.42. The Kier molecular flexibility index (Phi) is 4.16. The summed E-state index contributed by atoms with van der Waals surface area (Å²) in [4.78, 5) is 5.20. The van der Waals surface area contributed by atoms with E-state index in [9.17, 15) is 8.42 Å². The molecule has 3 aromatic heterocycles. The first-order chi connectivity index (χ1) is 12.4. The molecule has 3 aromatic rings. The van der Waals surface area contributed by atoms with E-state index in [0.717, 1.165) is 17.0 Å². The van der Waals surface area contributed by atoms with Crippen molar-refractivity contribution < 1.29 is 12.8 Å². The largest absolute Gasteiger partial charge is 0.418 e. The highest BCUT2D eigenvalue weighted by atomic mass is 32.2. The van der Waals surface area contributed by atoms with E-state index in [1.54, 1.807) is 24.2 Å². The summed E-state index contributed by atoms with van der Waals surface area (Å²) in [6.07, 6.45) is 2.77. The van der Waals surface area contributed by atoms with Crippen LogP contribution in [0.3, 0.4) is 0 Å². The number of hydrogen-bond donors (Lipinski definition) is 0. The summed E-state index contributed by atoms with van der Waals surface area (Å²) in [5.74, 6) is 0.692. The van der Waals surface area contributed by atoms with Crippen molar-refractivity contribution in [3.63, 3.8) is 0 Å². The Morgan fingerprint density at radius 3 is 2.77 bits per heavy atom. The molecule has 0 amide bonds. The van der Waals surface area contributed by atoms with Crippen molar-refractivity contribution in [2.24, 2.45) is 7.05 Å². The molecule has 0 aromatic carbocycles. The van der Waals surface area contributed by atoms with Crippen LogP contribution in [0.4, 0.5) is 0 Å². The lowest BCUT2D eigenvalue weighted by Gasteiger charge is -2.21. The van der Waals surface area contributed by atoms with E-state index in [-0.39, 0.29) is 4.90 Å². The Labute approximate surface area is 154 Å². The predicted molar refractivity (Wildman–Crippen MR) is 94.0 cm³/mol. The average molecular weight is 394 g/mol. The van der Waals surface area contributed by atoms with E-state index >= 15 is 0 Å². The molecule has 1 atom stereocenters. The van der Waals surface area contributed by atoms with Crippen LogP contribution in [0.15, 0.2) is 21.0 Å². The molecule has 138 valence electrons. The third-order valence-electron chi connectivity index (χ3n) is 4.65. The first-order valence-electron chi connectivity index (χ1n) is 8.14. The first kappa shape index (κ1) is 17.3. The van der Waals surface area contributed by atoms with Crippen LogP contribution >= 0.6 is 11.3 Å². The van der Waals surface area contributed by atoms with Gasteiger partial charge in [-0.3, -0.25) is 4.68 Å². The van der Waals surface area contributed by atoms with Crippen molar-refractivity contribution in [1.82, 2.24) is 29.3 Å². The van der Waals surface area contributed by atoms with E-state index in [2.05, 4.69) is 20.3 Å². The highest BCUT2D eigenvalue weighted by molar-refractivity contribution is 7.89. The van der Waals surface area contributed by atoms with E-state index < -0.39 is 16.1 Å². The summed E-state index contributed by atoms with van der Waals surface area (Å²) in [5.41, 5.74) is 3.13. The molecular formula is C15H18N6O3S2. The van der Waals surface area contributed by atoms with Gasteiger partial charge in [-0.2, -0.15) is 9.40 Å². The minimum atomic E-state index is -3.69. The lowest BCUT2D eigenvalue weighted by molar-refractivity contribution is 0.332. The molecule has 0 N–H and O–H groups in total. The molecule has 1 fully saturated rings. The van der Waals surface area contributed by atoms with Gasteiger partial charge in [-0.05, 0) is 26.7 Å². The molecule has 4 rings (SSSR count). The topological polar surface area (TPSA) is 107 Å². The molecule has 11 heteroatoms. The number of rotatable bonds is 4. The molecule has 0 bridgehead atoms. The van der Waals surface area contributed by atoms with Crippen LogP contribution in [0.2, 0.25) is 0 Å². The predicted octanol–water partition coefficient (Wildman–Crippen LogP) is 2.07. The SMILES string of the molecule is Cc1ncsc1-c1nnc([C@H]2CCCN2S(=O)(=O)c2cnn(C)c2C)o1. The summed E-state index contributed by atoms with van der Waals surface area (Å²) < 4.78 is 35.0. The Balaban J connectivity index is 1.68. The molecule has 0 aliphatic carbocycles. The molecule has 1 aliphatic heterocycles. The van der Waals surface area contributed by atoms with Crippen molar-refractivity contribution in [3.8, 4) is 10.8 Å². The van der Waals surface area contributed by atoms with Gasteiger partial charge >= 0.3 is 0 Å². The number of nitrogens with zero attached hydrogens (tertiary/aromatic N) is 6. The molecule has 0 saturated carbocycles. The Bertz CT molecular complexity index is 1050. The fraction of sp³-hybridized carbons (Fsp3) is 0.467. The monoisotopic (exact) mass is 394 g/mol. The molecule has 9 nitrogen and oxygen atoms in total. The maximum Gasteiger partial charge on any atom is 0.259 e. The van der Waals surface area contributed by atoms with Crippen molar-refractivity contribution in [3.05, 3.63) is 29.0 Å². The van der Waals surface area contributed by atoms with Gasteiger partial charge < -0.3 is 4.42 Å². The second kappa shape index (κ2) is 6.25. The molecule has 1 saturated heterocycles. The van der Waals surface area contributed by atoms with E-state index in [1.165, 1.54) is 21.8 Å². The van der Waals surface area contributed by atoms with Crippen molar-refractivity contribution in [2.75, 3.05) is 6.54 Å². The van der Waals surface area contributed by atoms with E-state index in [4.69, 9.17) is 4.42 Å². The van der Waals surface area contributed by atoms with Crippen molar-refractivity contribution in [2.45, 2.75) is 37.6 Å². The number of sulfonamides is 1. The van der Waals surface area contributed by atoms with Gasteiger partial charge in [0.1, 0.15) is 15.8 Å². The van der Waals surface area contributed by atoms with Crippen molar-refractivity contribution in [1.29, 1.82) is 0 Å². The zero-order chi connectivity index (χ0) is 18.5. The van der Waals surface area contributed by atoms with Crippen LogP contribution in [0.25, 0.3) is 10.8 Å². The molecule has 1 aliphatic rings. The molecular weight excluding hydrogens is 376 g/mol. The maximum absolute atomic E-state index is 13.1. The Morgan fingerprint density at radius 1 is 1.31 bits per heavy atom. The standard InChI is InChI=1S/C15H18N6O3S2/c1-9-13(25-8-16-9)15-19-18-14(24-15)11-5-4-6-21(11)26(22,23)12-7-17-20(3)10(12)2/h7-8,11H,4-6H2,1-3H3/t11-/m1/s1. The second-order valence-electron chi connectivity index (χ2n) is 6.20. The molecule has 4 heterocycles. The lowest BCUT2D eigenvalue weighted by Crippen LogP contribution is -2.31. The van der Waals surface area contributed by atoms with E-state index in [0.29, 0.717) is 30.4 Å². The minimum Gasteiger partial charge on any atom is -0.418 e. The normalized spacial score (nSPS) is 18.7. The molecule has 26 heavy (non-hydrogen) atoms. The van der Waals surface area contributed by atoms with Gasteiger partial charge in [-0.1, -0.05) is 0 Å². The van der Waals surface area contributed by atoms with Gasteiger partial charge in [0.2, 0.25) is 15.9 Å². The summed E-state index contributed by atoms with van der Waals surface area (Å²) in [6.45, 7) is 4.02. The fourth-order valence-corrected chi connectivity index (χ4v) is 5.66. The van der Waals surface area contributed by atoms with Gasteiger partial charge in [-0.25, -0.2) is 13.4 Å². The zero-order valence-corrected chi connectivity index (χ0v) is 16.2. The minimum absolute atomic E-state index is 0.213. The highest BCUT2D eigenvalue weighted by Gasteiger charge is 2.40. The number of aromatic nitrogens is 5. The number of aryl methyl sites for hydroxylation is 2. The highest BCUT2D eigenvalue weighted by Crippen LogP contribution is 2.38. The lowest BCUT2D eigenvalue weighted by atomic mass is 10.2. The molecule has 0 unspecified atom stereocenters. The fourth-order valence-electron chi connectivity index (χ4n) is 3.10.